The van der Waals surface area contributed by atoms with Gasteiger partial charge in [-0.3, -0.25) is 0 Å². The SMILES string of the molecule is CS(=O)(=O)c1ccc(-c2cc[c]cc2)cn1. The summed E-state index contributed by atoms with van der Waals surface area (Å²) in [7, 11) is -3.22. The molecule has 81 valence electrons. The highest BCUT2D eigenvalue weighted by atomic mass is 32.2. The molecule has 0 N–H and O–H groups in total. The third-order valence-electron chi connectivity index (χ3n) is 2.17. The quantitative estimate of drug-likeness (QED) is 0.795. The summed E-state index contributed by atoms with van der Waals surface area (Å²) in [6.45, 7) is 0. The third kappa shape index (κ3) is 2.28. The highest BCUT2D eigenvalue weighted by Gasteiger charge is 2.08. The summed E-state index contributed by atoms with van der Waals surface area (Å²) in [4.78, 5) is 3.93. The van der Waals surface area contributed by atoms with Crippen LogP contribution in [0.1, 0.15) is 0 Å². The second kappa shape index (κ2) is 4.06. The molecule has 1 aromatic carbocycles. The van der Waals surface area contributed by atoms with Crippen molar-refractivity contribution in [3.05, 3.63) is 48.7 Å². The fourth-order valence-electron chi connectivity index (χ4n) is 1.35. The summed E-state index contributed by atoms with van der Waals surface area (Å²) in [5, 5.41) is 0.0961. The van der Waals surface area contributed by atoms with Gasteiger partial charge >= 0.3 is 0 Å². The van der Waals surface area contributed by atoms with Crippen molar-refractivity contribution >= 4 is 9.84 Å². The molecule has 0 aliphatic rings. The van der Waals surface area contributed by atoms with Crippen LogP contribution in [0.4, 0.5) is 0 Å². The van der Waals surface area contributed by atoms with E-state index >= 15 is 0 Å². The van der Waals surface area contributed by atoms with E-state index in [9.17, 15) is 8.42 Å². The zero-order chi connectivity index (χ0) is 11.6. The van der Waals surface area contributed by atoms with Gasteiger partial charge in [0.25, 0.3) is 0 Å². The molecule has 0 aliphatic heterocycles. The number of aromatic nitrogens is 1. The third-order valence-corrected chi connectivity index (χ3v) is 3.17. The van der Waals surface area contributed by atoms with Gasteiger partial charge in [-0.25, -0.2) is 13.4 Å². The number of sulfone groups is 1. The monoisotopic (exact) mass is 232 g/mol. The van der Waals surface area contributed by atoms with Gasteiger partial charge in [-0.2, -0.15) is 0 Å². The van der Waals surface area contributed by atoms with Crippen LogP contribution in [0.25, 0.3) is 11.1 Å². The smallest absolute Gasteiger partial charge is 0.192 e. The Kier molecular flexibility index (Phi) is 2.75. The van der Waals surface area contributed by atoms with Crippen molar-refractivity contribution in [2.45, 2.75) is 5.03 Å². The first-order valence-corrected chi connectivity index (χ1v) is 6.59. The molecule has 0 spiro atoms. The van der Waals surface area contributed by atoms with E-state index in [1.807, 2.05) is 12.1 Å². The van der Waals surface area contributed by atoms with Crippen molar-refractivity contribution in [3.63, 3.8) is 0 Å². The van der Waals surface area contributed by atoms with E-state index in [0.717, 1.165) is 17.4 Å². The topological polar surface area (TPSA) is 47.0 Å². The van der Waals surface area contributed by atoms with Gasteiger partial charge in [-0.1, -0.05) is 24.3 Å². The van der Waals surface area contributed by atoms with E-state index in [4.69, 9.17) is 0 Å². The standard InChI is InChI=1S/C12H10NO2S/c1-16(14,15)12-8-7-11(9-13-12)10-5-3-2-4-6-10/h3-9H,1H3. The minimum Gasteiger partial charge on any atom is -0.244 e. The maximum absolute atomic E-state index is 11.2. The van der Waals surface area contributed by atoms with Crippen LogP contribution in [0.5, 0.6) is 0 Å². The lowest BCUT2D eigenvalue weighted by atomic mass is 10.1. The molecule has 4 heteroatoms. The molecule has 0 aliphatic carbocycles. The second-order valence-electron chi connectivity index (χ2n) is 3.45. The van der Waals surface area contributed by atoms with Crippen LogP contribution in [0.15, 0.2) is 47.6 Å². The Balaban J connectivity index is 2.41. The van der Waals surface area contributed by atoms with Crippen molar-refractivity contribution in [2.75, 3.05) is 6.26 Å². The molecule has 0 unspecified atom stereocenters. The molecule has 2 aromatic rings. The Morgan fingerprint density at radius 3 is 2.25 bits per heavy atom. The van der Waals surface area contributed by atoms with Gasteiger partial charge in [0.05, 0.1) is 0 Å². The fraction of sp³-hybridized carbons (Fsp3) is 0.0833. The van der Waals surface area contributed by atoms with Gasteiger partial charge in [0, 0.05) is 18.0 Å². The van der Waals surface area contributed by atoms with Gasteiger partial charge in [-0.05, 0) is 23.8 Å². The van der Waals surface area contributed by atoms with Crippen LogP contribution in [0, 0.1) is 6.07 Å². The lowest BCUT2D eigenvalue weighted by Crippen LogP contribution is -1.99. The van der Waals surface area contributed by atoms with Crippen molar-refractivity contribution in [2.24, 2.45) is 0 Å². The normalized spacial score (nSPS) is 11.3. The maximum atomic E-state index is 11.2. The molecule has 3 nitrogen and oxygen atoms in total. The average molecular weight is 232 g/mol. The number of pyridine rings is 1. The van der Waals surface area contributed by atoms with Crippen molar-refractivity contribution < 1.29 is 8.42 Å². The Labute approximate surface area is 94.7 Å². The van der Waals surface area contributed by atoms with Crippen LogP contribution in [0.2, 0.25) is 0 Å². The van der Waals surface area contributed by atoms with E-state index in [-0.39, 0.29) is 5.03 Å². The molecule has 0 amide bonds. The fourth-order valence-corrected chi connectivity index (χ4v) is 1.91. The summed E-state index contributed by atoms with van der Waals surface area (Å²) in [6, 6.07) is 13.6. The minimum atomic E-state index is -3.22. The second-order valence-corrected chi connectivity index (χ2v) is 5.41. The first-order valence-electron chi connectivity index (χ1n) is 4.70. The van der Waals surface area contributed by atoms with E-state index in [2.05, 4.69) is 11.1 Å². The van der Waals surface area contributed by atoms with Gasteiger partial charge in [0.15, 0.2) is 14.9 Å². The molecule has 1 aromatic heterocycles. The Morgan fingerprint density at radius 1 is 1.06 bits per heavy atom. The van der Waals surface area contributed by atoms with Crippen molar-refractivity contribution in [3.8, 4) is 11.1 Å². The molecular formula is C12H10NO2S. The van der Waals surface area contributed by atoms with E-state index in [1.54, 1.807) is 24.4 Å². The van der Waals surface area contributed by atoms with E-state index in [0.29, 0.717) is 0 Å². The van der Waals surface area contributed by atoms with Gasteiger partial charge in [0.1, 0.15) is 0 Å². The van der Waals surface area contributed by atoms with Crippen LogP contribution in [0.3, 0.4) is 0 Å². The molecule has 0 saturated carbocycles. The zero-order valence-corrected chi connectivity index (χ0v) is 9.53. The van der Waals surface area contributed by atoms with E-state index < -0.39 is 9.84 Å². The largest absolute Gasteiger partial charge is 0.244 e. The van der Waals surface area contributed by atoms with Gasteiger partial charge < -0.3 is 0 Å². The molecule has 16 heavy (non-hydrogen) atoms. The predicted octanol–water partition coefficient (Wildman–Crippen LogP) is 1.95. The molecule has 0 fully saturated rings. The van der Waals surface area contributed by atoms with Crippen LogP contribution in [-0.2, 0) is 9.84 Å². The van der Waals surface area contributed by atoms with Crippen LogP contribution < -0.4 is 0 Å². The number of hydrogen-bond donors (Lipinski definition) is 0. The average Bonchev–Trinajstić information content (AvgIpc) is 2.29. The van der Waals surface area contributed by atoms with Gasteiger partial charge in [-0.15, -0.1) is 0 Å². The number of hydrogen-bond acceptors (Lipinski definition) is 3. The minimum absolute atomic E-state index is 0.0961. The van der Waals surface area contributed by atoms with Crippen LogP contribution in [-0.4, -0.2) is 19.7 Å². The molecule has 0 saturated heterocycles. The molecule has 1 heterocycles. The molecule has 0 bridgehead atoms. The van der Waals surface area contributed by atoms with Crippen molar-refractivity contribution in [1.29, 1.82) is 0 Å². The zero-order valence-electron chi connectivity index (χ0n) is 8.71. The number of benzene rings is 1. The Hall–Kier alpha value is -1.68. The molecular weight excluding hydrogens is 222 g/mol. The predicted molar refractivity (Wildman–Crippen MR) is 61.6 cm³/mol. The van der Waals surface area contributed by atoms with Gasteiger partial charge in [0.2, 0.25) is 0 Å². The first-order chi connectivity index (χ1) is 7.57. The summed E-state index contributed by atoms with van der Waals surface area (Å²) in [5.74, 6) is 0. The number of rotatable bonds is 2. The lowest BCUT2D eigenvalue weighted by Gasteiger charge is -2.01. The maximum Gasteiger partial charge on any atom is 0.192 e. The summed E-state index contributed by atoms with van der Waals surface area (Å²) < 4.78 is 22.4. The highest BCUT2D eigenvalue weighted by molar-refractivity contribution is 7.90. The Bertz CT molecular complexity index is 574. The number of nitrogens with zero attached hydrogens (tertiary/aromatic N) is 1. The Morgan fingerprint density at radius 2 is 1.75 bits per heavy atom. The molecule has 1 radical (unpaired) electrons. The van der Waals surface area contributed by atoms with Crippen molar-refractivity contribution in [1.82, 2.24) is 4.98 Å². The molecule has 2 rings (SSSR count). The lowest BCUT2D eigenvalue weighted by molar-refractivity contribution is 0.598. The summed E-state index contributed by atoms with van der Waals surface area (Å²) >= 11 is 0. The van der Waals surface area contributed by atoms with Crippen LogP contribution >= 0.6 is 0 Å². The molecule has 0 atom stereocenters. The van der Waals surface area contributed by atoms with E-state index in [1.165, 1.54) is 6.07 Å². The first kappa shape index (κ1) is 10.8. The summed E-state index contributed by atoms with van der Waals surface area (Å²) in [5.41, 5.74) is 1.88. The summed E-state index contributed by atoms with van der Waals surface area (Å²) in [6.07, 6.45) is 2.71. The highest BCUT2D eigenvalue weighted by Crippen LogP contribution is 2.18.